The molecule has 1 aromatic heterocycles. The highest BCUT2D eigenvalue weighted by atomic mass is 35.5. The third kappa shape index (κ3) is 2.42. The van der Waals surface area contributed by atoms with E-state index in [-0.39, 0.29) is 11.2 Å². The maximum absolute atomic E-state index is 12.6. The molecule has 0 aliphatic heterocycles. The summed E-state index contributed by atoms with van der Waals surface area (Å²) < 4.78 is 16.3. The van der Waals surface area contributed by atoms with Crippen molar-refractivity contribution in [1.82, 2.24) is 0 Å². The summed E-state index contributed by atoms with van der Waals surface area (Å²) in [7, 11) is 3.02. The average molecular weight is 317 g/mol. The van der Waals surface area contributed by atoms with Crippen LogP contribution in [0.4, 0.5) is 0 Å². The first kappa shape index (κ1) is 14.5. The first-order valence-corrected chi connectivity index (χ1v) is 6.96. The SMILES string of the molecule is COc1cccc(-c2oc3cc(Cl)ccc3c(=O)c2OC)c1. The van der Waals surface area contributed by atoms with Gasteiger partial charge in [0.15, 0.2) is 5.76 Å². The molecule has 0 fully saturated rings. The molecule has 3 rings (SSSR count). The van der Waals surface area contributed by atoms with Crippen LogP contribution in [0.3, 0.4) is 0 Å². The van der Waals surface area contributed by atoms with Gasteiger partial charge in [-0.05, 0) is 24.3 Å². The third-order valence-corrected chi connectivity index (χ3v) is 3.58. The molecule has 0 unspecified atom stereocenters. The van der Waals surface area contributed by atoms with Gasteiger partial charge < -0.3 is 13.9 Å². The minimum atomic E-state index is -0.238. The summed E-state index contributed by atoms with van der Waals surface area (Å²) in [6.07, 6.45) is 0. The summed E-state index contributed by atoms with van der Waals surface area (Å²) in [5, 5.41) is 0.922. The van der Waals surface area contributed by atoms with Gasteiger partial charge in [0.1, 0.15) is 11.3 Å². The van der Waals surface area contributed by atoms with E-state index in [2.05, 4.69) is 0 Å². The number of fused-ring (bicyclic) bond motifs is 1. The molecule has 0 bridgehead atoms. The maximum atomic E-state index is 12.6. The molecular weight excluding hydrogens is 304 g/mol. The molecule has 22 heavy (non-hydrogen) atoms. The zero-order valence-corrected chi connectivity index (χ0v) is 12.8. The second-order valence-corrected chi connectivity index (χ2v) is 5.10. The molecule has 0 amide bonds. The molecule has 0 spiro atoms. The van der Waals surface area contributed by atoms with Crippen molar-refractivity contribution >= 4 is 22.6 Å². The maximum Gasteiger partial charge on any atom is 0.235 e. The number of halogens is 1. The lowest BCUT2D eigenvalue weighted by Crippen LogP contribution is -2.07. The van der Waals surface area contributed by atoms with Crippen molar-refractivity contribution in [2.75, 3.05) is 14.2 Å². The molecule has 0 saturated heterocycles. The number of rotatable bonds is 3. The van der Waals surface area contributed by atoms with Crippen LogP contribution in [0.25, 0.3) is 22.3 Å². The second-order valence-electron chi connectivity index (χ2n) is 4.67. The van der Waals surface area contributed by atoms with Crippen LogP contribution in [-0.4, -0.2) is 14.2 Å². The minimum absolute atomic E-state index is 0.156. The molecule has 4 nitrogen and oxygen atoms in total. The monoisotopic (exact) mass is 316 g/mol. The fourth-order valence-electron chi connectivity index (χ4n) is 2.29. The number of methoxy groups -OCH3 is 2. The topological polar surface area (TPSA) is 48.7 Å². The predicted molar refractivity (Wildman–Crippen MR) is 86.0 cm³/mol. The van der Waals surface area contributed by atoms with Gasteiger partial charge in [-0.15, -0.1) is 0 Å². The molecule has 0 aliphatic carbocycles. The van der Waals surface area contributed by atoms with Crippen molar-refractivity contribution in [2.45, 2.75) is 0 Å². The van der Waals surface area contributed by atoms with E-state index < -0.39 is 0 Å². The predicted octanol–water partition coefficient (Wildman–Crippen LogP) is 4.13. The summed E-state index contributed by atoms with van der Waals surface area (Å²) in [4.78, 5) is 12.6. The van der Waals surface area contributed by atoms with Gasteiger partial charge in [0, 0.05) is 16.7 Å². The Bertz CT molecular complexity index is 899. The Labute approximate surface area is 131 Å². The molecule has 5 heteroatoms. The highest BCUT2D eigenvalue weighted by Gasteiger charge is 2.17. The van der Waals surface area contributed by atoms with E-state index in [9.17, 15) is 4.79 Å². The number of hydrogen-bond donors (Lipinski definition) is 0. The molecule has 112 valence electrons. The average Bonchev–Trinajstić information content (AvgIpc) is 2.54. The van der Waals surface area contributed by atoms with Gasteiger partial charge in [0.05, 0.1) is 19.6 Å². The van der Waals surface area contributed by atoms with Crippen molar-refractivity contribution in [2.24, 2.45) is 0 Å². The summed E-state index contributed by atoms with van der Waals surface area (Å²) >= 11 is 5.98. The lowest BCUT2D eigenvalue weighted by molar-refractivity contribution is 0.398. The number of benzene rings is 2. The largest absolute Gasteiger partial charge is 0.497 e. The molecule has 0 radical (unpaired) electrons. The minimum Gasteiger partial charge on any atom is -0.497 e. The Morgan fingerprint density at radius 1 is 1.05 bits per heavy atom. The first-order chi connectivity index (χ1) is 10.6. The van der Waals surface area contributed by atoms with Crippen LogP contribution in [0.1, 0.15) is 0 Å². The number of ether oxygens (including phenoxy) is 2. The van der Waals surface area contributed by atoms with Gasteiger partial charge in [-0.1, -0.05) is 23.7 Å². The van der Waals surface area contributed by atoms with E-state index >= 15 is 0 Å². The van der Waals surface area contributed by atoms with Crippen LogP contribution in [-0.2, 0) is 0 Å². The van der Waals surface area contributed by atoms with E-state index in [0.717, 1.165) is 0 Å². The van der Waals surface area contributed by atoms with Crippen LogP contribution >= 0.6 is 11.6 Å². The summed E-state index contributed by atoms with van der Waals surface area (Å²) in [5.74, 6) is 1.16. The summed E-state index contributed by atoms with van der Waals surface area (Å²) in [6.45, 7) is 0. The van der Waals surface area contributed by atoms with E-state index in [1.807, 2.05) is 18.2 Å². The zero-order valence-electron chi connectivity index (χ0n) is 12.1. The smallest absolute Gasteiger partial charge is 0.235 e. The highest BCUT2D eigenvalue weighted by molar-refractivity contribution is 6.31. The molecular formula is C17H13ClO4. The van der Waals surface area contributed by atoms with Crippen molar-refractivity contribution in [3.05, 3.63) is 57.7 Å². The van der Waals surface area contributed by atoms with E-state index in [4.69, 9.17) is 25.5 Å². The molecule has 0 atom stereocenters. The first-order valence-electron chi connectivity index (χ1n) is 6.59. The molecule has 1 heterocycles. The Kier molecular flexibility index (Phi) is 3.77. The van der Waals surface area contributed by atoms with Crippen LogP contribution in [0.15, 0.2) is 51.7 Å². The normalized spacial score (nSPS) is 10.7. The van der Waals surface area contributed by atoms with Crippen LogP contribution < -0.4 is 14.9 Å². The third-order valence-electron chi connectivity index (χ3n) is 3.35. The lowest BCUT2D eigenvalue weighted by Gasteiger charge is -2.10. The Hall–Kier alpha value is -2.46. The highest BCUT2D eigenvalue weighted by Crippen LogP contribution is 2.33. The lowest BCUT2D eigenvalue weighted by atomic mass is 10.1. The van der Waals surface area contributed by atoms with E-state index in [1.165, 1.54) is 7.11 Å². The van der Waals surface area contributed by atoms with Gasteiger partial charge in [-0.25, -0.2) is 0 Å². The second kappa shape index (κ2) is 5.73. The van der Waals surface area contributed by atoms with Gasteiger partial charge in [-0.3, -0.25) is 4.79 Å². The molecule has 0 N–H and O–H groups in total. The summed E-state index contributed by atoms with van der Waals surface area (Å²) in [5.41, 5.74) is 0.865. The standard InChI is InChI=1S/C17H13ClO4/c1-20-12-5-3-4-10(8-12)16-17(21-2)15(19)13-7-6-11(18)9-14(13)22-16/h3-9H,1-2H3. The van der Waals surface area contributed by atoms with Crippen molar-refractivity contribution in [3.8, 4) is 22.8 Å². The van der Waals surface area contributed by atoms with Gasteiger partial charge in [0.2, 0.25) is 11.2 Å². The van der Waals surface area contributed by atoms with Crippen LogP contribution in [0.5, 0.6) is 11.5 Å². The zero-order chi connectivity index (χ0) is 15.7. The molecule has 0 aliphatic rings. The van der Waals surface area contributed by atoms with Crippen LogP contribution in [0.2, 0.25) is 5.02 Å². The Balaban J connectivity index is 2.34. The van der Waals surface area contributed by atoms with Crippen molar-refractivity contribution in [3.63, 3.8) is 0 Å². The Morgan fingerprint density at radius 3 is 2.59 bits per heavy atom. The Morgan fingerprint density at radius 2 is 1.86 bits per heavy atom. The van der Waals surface area contributed by atoms with E-state index in [1.54, 1.807) is 31.4 Å². The summed E-state index contributed by atoms with van der Waals surface area (Å²) in [6, 6.07) is 12.1. The van der Waals surface area contributed by atoms with E-state index in [0.29, 0.717) is 33.1 Å². The molecule has 3 aromatic rings. The van der Waals surface area contributed by atoms with Crippen LogP contribution in [0, 0.1) is 0 Å². The molecule has 2 aromatic carbocycles. The van der Waals surface area contributed by atoms with Gasteiger partial charge >= 0.3 is 0 Å². The quantitative estimate of drug-likeness (QED) is 0.729. The van der Waals surface area contributed by atoms with Crippen molar-refractivity contribution < 1.29 is 13.9 Å². The fourth-order valence-corrected chi connectivity index (χ4v) is 2.45. The van der Waals surface area contributed by atoms with Gasteiger partial charge in [-0.2, -0.15) is 0 Å². The molecule has 0 saturated carbocycles. The van der Waals surface area contributed by atoms with Crippen molar-refractivity contribution in [1.29, 1.82) is 0 Å². The number of hydrogen-bond acceptors (Lipinski definition) is 4. The van der Waals surface area contributed by atoms with Gasteiger partial charge in [0.25, 0.3) is 0 Å². The fraction of sp³-hybridized carbons (Fsp3) is 0.118.